The second-order valence-electron chi connectivity index (χ2n) is 7.17. The summed E-state index contributed by atoms with van der Waals surface area (Å²) in [5, 5.41) is 6.82. The van der Waals surface area contributed by atoms with Crippen molar-refractivity contribution < 1.29 is 4.74 Å². The molecule has 1 aliphatic heterocycles. The van der Waals surface area contributed by atoms with Gasteiger partial charge in [0.2, 0.25) is 0 Å². The maximum Gasteiger partial charge on any atom is 0.190 e. The largest absolute Gasteiger partial charge is 0.378 e. The number of rotatable bonds is 9. The molecule has 0 radical (unpaired) electrons. The first-order chi connectivity index (χ1) is 11.9. The number of likely N-dealkylation sites (tertiary alicyclic amines) is 1. The number of aliphatic imine (C=N–C) groups is 1. The van der Waals surface area contributed by atoms with E-state index in [0.29, 0.717) is 6.10 Å². The fourth-order valence-corrected chi connectivity index (χ4v) is 3.67. The quantitative estimate of drug-likeness (QED) is 0.386. The van der Waals surface area contributed by atoms with E-state index in [9.17, 15) is 0 Å². The van der Waals surface area contributed by atoms with E-state index in [-0.39, 0.29) is 0 Å². The zero-order chi connectivity index (χ0) is 16.9. The lowest BCUT2D eigenvalue weighted by Crippen LogP contribution is -2.39. The Morgan fingerprint density at radius 3 is 2.29 bits per heavy atom. The third-order valence-corrected chi connectivity index (χ3v) is 5.14. The topological polar surface area (TPSA) is 48.9 Å². The molecule has 0 spiro atoms. The summed E-state index contributed by atoms with van der Waals surface area (Å²) in [6, 6.07) is 0. The molecule has 2 rings (SSSR count). The van der Waals surface area contributed by atoms with Gasteiger partial charge in [-0.05, 0) is 58.2 Å². The lowest BCUT2D eigenvalue weighted by Gasteiger charge is -2.20. The van der Waals surface area contributed by atoms with Crippen LogP contribution in [0.3, 0.4) is 0 Å². The van der Waals surface area contributed by atoms with E-state index in [0.717, 1.165) is 32.1 Å². The van der Waals surface area contributed by atoms with Crippen LogP contribution in [0.4, 0.5) is 0 Å². The highest BCUT2D eigenvalue weighted by atomic mass is 16.5. The summed E-state index contributed by atoms with van der Waals surface area (Å²) in [6.07, 6.45) is 13.5. The summed E-state index contributed by atoms with van der Waals surface area (Å²) >= 11 is 0. The van der Waals surface area contributed by atoms with E-state index >= 15 is 0 Å². The summed E-state index contributed by atoms with van der Waals surface area (Å²) in [5.74, 6) is 0.923. The molecule has 2 fully saturated rings. The number of guanidine groups is 1. The van der Waals surface area contributed by atoms with Crippen molar-refractivity contribution in [2.24, 2.45) is 4.99 Å². The molecule has 5 heteroatoms. The van der Waals surface area contributed by atoms with Gasteiger partial charge >= 0.3 is 0 Å². The average Bonchev–Trinajstić information content (AvgIpc) is 2.98. The van der Waals surface area contributed by atoms with Crippen LogP contribution in [0.5, 0.6) is 0 Å². The zero-order valence-electron chi connectivity index (χ0n) is 15.7. The maximum absolute atomic E-state index is 5.89. The molecule has 2 aliphatic rings. The van der Waals surface area contributed by atoms with Gasteiger partial charge in [0.1, 0.15) is 0 Å². The Morgan fingerprint density at radius 1 is 0.958 bits per heavy atom. The summed E-state index contributed by atoms with van der Waals surface area (Å²) in [4.78, 5) is 6.92. The Bertz CT molecular complexity index is 334. The number of hydrogen-bond acceptors (Lipinski definition) is 3. The lowest BCUT2D eigenvalue weighted by atomic mass is 10.2. The van der Waals surface area contributed by atoms with Crippen LogP contribution >= 0.6 is 0 Å². The fourth-order valence-electron chi connectivity index (χ4n) is 3.67. The van der Waals surface area contributed by atoms with Gasteiger partial charge in [-0.2, -0.15) is 0 Å². The van der Waals surface area contributed by atoms with Gasteiger partial charge in [-0.15, -0.1) is 0 Å². The smallest absolute Gasteiger partial charge is 0.190 e. The zero-order valence-corrected chi connectivity index (χ0v) is 15.7. The average molecular weight is 339 g/mol. The molecule has 0 aromatic rings. The van der Waals surface area contributed by atoms with Crippen molar-refractivity contribution in [3.8, 4) is 0 Å². The van der Waals surface area contributed by atoms with Crippen LogP contribution in [0.25, 0.3) is 0 Å². The molecule has 0 atom stereocenters. The number of nitrogens with one attached hydrogen (secondary N) is 2. The molecule has 24 heavy (non-hydrogen) atoms. The summed E-state index contributed by atoms with van der Waals surface area (Å²) < 4.78 is 5.89. The summed E-state index contributed by atoms with van der Waals surface area (Å²) in [7, 11) is 1.85. The Morgan fingerprint density at radius 2 is 1.62 bits per heavy atom. The minimum Gasteiger partial charge on any atom is -0.378 e. The van der Waals surface area contributed by atoms with Crippen molar-refractivity contribution in [3.63, 3.8) is 0 Å². The molecular formula is C19H38N4O. The second kappa shape index (κ2) is 12.5. The normalized spacial score (nSPS) is 21.0. The van der Waals surface area contributed by atoms with E-state index in [1.807, 2.05) is 7.05 Å². The first-order valence-electron chi connectivity index (χ1n) is 10.2. The molecule has 140 valence electrons. The molecule has 1 aliphatic carbocycles. The van der Waals surface area contributed by atoms with Crippen LogP contribution in [0.2, 0.25) is 0 Å². The molecule has 5 nitrogen and oxygen atoms in total. The van der Waals surface area contributed by atoms with Crippen LogP contribution in [-0.4, -0.2) is 63.3 Å². The highest BCUT2D eigenvalue weighted by Gasteiger charge is 2.14. The first kappa shape index (κ1) is 19.5. The second-order valence-corrected chi connectivity index (χ2v) is 7.17. The first-order valence-corrected chi connectivity index (χ1v) is 10.2. The highest BCUT2D eigenvalue weighted by molar-refractivity contribution is 5.79. The van der Waals surface area contributed by atoms with Crippen molar-refractivity contribution in [2.45, 2.75) is 70.3 Å². The Kier molecular flexibility index (Phi) is 10.2. The Hall–Kier alpha value is -0.810. The molecule has 1 saturated heterocycles. The van der Waals surface area contributed by atoms with Crippen molar-refractivity contribution in [3.05, 3.63) is 0 Å². The van der Waals surface area contributed by atoms with E-state index in [4.69, 9.17) is 4.74 Å². The van der Waals surface area contributed by atoms with Gasteiger partial charge in [-0.3, -0.25) is 4.99 Å². The minimum atomic E-state index is 0.529. The molecule has 0 bridgehead atoms. The number of nitrogens with zero attached hydrogens (tertiary/aromatic N) is 2. The van der Waals surface area contributed by atoms with Crippen LogP contribution < -0.4 is 10.6 Å². The molecule has 2 N–H and O–H groups in total. The fraction of sp³-hybridized carbons (Fsp3) is 0.947. The van der Waals surface area contributed by atoms with Gasteiger partial charge in [0.25, 0.3) is 0 Å². The van der Waals surface area contributed by atoms with Gasteiger partial charge in [-0.25, -0.2) is 0 Å². The highest BCUT2D eigenvalue weighted by Crippen LogP contribution is 2.20. The van der Waals surface area contributed by atoms with E-state index in [1.54, 1.807) is 0 Å². The lowest BCUT2D eigenvalue weighted by molar-refractivity contribution is 0.0574. The Balaban J connectivity index is 1.44. The maximum atomic E-state index is 5.89. The monoisotopic (exact) mass is 338 g/mol. The SMILES string of the molecule is CN=C(NCCCOC1CCCC1)NCCCN1CCCCCC1. The molecule has 0 aromatic carbocycles. The van der Waals surface area contributed by atoms with E-state index < -0.39 is 0 Å². The molecule has 0 amide bonds. The van der Waals surface area contributed by atoms with Crippen molar-refractivity contribution >= 4 is 5.96 Å². The molecule has 1 saturated carbocycles. The van der Waals surface area contributed by atoms with Crippen molar-refractivity contribution in [1.29, 1.82) is 0 Å². The van der Waals surface area contributed by atoms with Crippen molar-refractivity contribution in [1.82, 2.24) is 15.5 Å². The van der Waals surface area contributed by atoms with Crippen LogP contribution in [0.15, 0.2) is 4.99 Å². The van der Waals surface area contributed by atoms with Crippen molar-refractivity contribution in [2.75, 3.05) is 46.4 Å². The summed E-state index contributed by atoms with van der Waals surface area (Å²) in [6.45, 7) is 6.57. The van der Waals surface area contributed by atoms with Gasteiger partial charge in [0.05, 0.1) is 6.10 Å². The van der Waals surface area contributed by atoms with Crippen LogP contribution in [0.1, 0.15) is 64.2 Å². The van der Waals surface area contributed by atoms with Crippen LogP contribution in [-0.2, 0) is 4.74 Å². The minimum absolute atomic E-state index is 0.529. The predicted octanol–water partition coefficient (Wildman–Crippen LogP) is 2.77. The molecule has 0 aromatic heterocycles. The van der Waals surface area contributed by atoms with Gasteiger partial charge < -0.3 is 20.3 Å². The summed E-state index contributed by atoms with van der Waals surface area (Å²) in [5.41, 5.74) is 0. The van der Waals surface area contributed by atoms with Crippen LogP contribution in [0, 0.1) is 0 Å². The van der Waals surface area contributed by atoms with Gasteiger partial charge in [-0.1, -0.05) is 25.7 Å². The molecular weight excluding hydrogens is 300 g/mol. The van der Waals surface area contributed by atoms with E-state index in [2.05, 4.69) is 20.5 Å². The van der Waals surface area contributed by atoms with E-state index in [1.165, 1.54) is 77.4 Å². The Labute approximate surface area is 148 Å². The third kappa shape index (κ3) is 8.34. The standard InChI is InChI=1S/C19H38N4O/c1-20-19(22-13-9-17-24-18-10-4-5-11-18)21-12-8-16-23-14-6-2-3-7-15-23/h18H,2-17H2,1H3,(H2,20,21,22). The van der Waals surface area contributed by atoms with Gasteiger partial charge in [0.15, 0.2) is 5.96 Å². The molecule has 1 heterocycles. The number of ether oxygens (including phenoxy) is 1. The van der Waals surface area contributed by atoms with Gasteiger partial charge in [0, 0.05) is 26.7 Å². The predicted molar refractivity (Wildman–Crippen MR) is 102 cm³/mol. The molecule has 0 unspecified atom stereocenters. The third-order valence-electron chi connectivity index (χ3n) is 5.14. The number of hydrogen-bond donors (Lipinski definition) is 2.